The van der Waals surface area contributed by atoms with E-state index in [1.54, 1.807) is 47.7 Å². The molecule has 6 heterocycles. The van der Waals surface area contributed by atoms with Crippen molar-refractivity contribution in [2.45, 2.75) is 26.9 Å². The molecule has 330 valence electrons. The van der Waals surface area contributed by atoms with Crippen LogP contribution in [0.5, 0.6) is 0 Å². The Bertz CT molecular complexity index is 2520. The van der Waals surface area contributed by atoms with E-state index in [4.69, 9.17) is 124 Å². The Balaban J connectivity index is 0.000000180. The van der Waals surface area contributed by atoms with Crippen LogP contribution in [-0.4, -0.2) is 96.2 Å². The van der Waals surface area contributed by atoms with Gasteiger partial charge in [0, 0.05) is 85.6 Å². The molecular formula is C40H39Cl10N4O4PS2. The summed E-state index contributed by atoms with van der Waals surface area (Å²) >= 11 is 59.2. The van der Waals surface area contributed by atoms with Gasteiger partial charge in [0.1, 0.15) is 9.66 Å². The summed E-state index contributed by atoms with van der Waals surface area (Å²) in [6, 6.07) is 14.2. The number of aromatic nitrogens is 2. The predicted octanol–water partition coefficient (Wildman–Crippen LogP) is 14.7. The van der Waals surface area contributed by atoms with Gasteiger partial charge in [-0.15, -0.1) is 22.7 Å². The van der Waals surface area contributed by atoms with Crippen molar-refractivity contribution >= 4 is 172 Å². The Labute approximate surface area is 411 Å². The molecule has 2 aliphatic rings. The van der Waals surface area contributed by atoms with Gasteiger partial charge >= 0.3 is 59.6 Å². The molecule has 0 saturated carbocycles. The third-order valence-electron chi connectivity index (χ3n) is 10.2. The molecule has 2 fully saturated rings. The fourth-order valence-electron chi connectivity index (χ4n) is 7.27. The molecule has 0 bridgehead atoms. The molecule has 0 spiro atoms. The Morgan fingerprint density at radius 3 is 1.51 bits per heavy atom. The molecule has 8 rings (SSSR count). The van der Waals surface area contributed by atoms with Gasteiger partial charge in [0.25, 0.3) is 0 Å². The zero-order chi connectivity index (χ0) is 44.2. The van der Waals surface area contributed by atoms with Gasteiger partial charge in [0.05, 0.1) is 62.0 Å². The molecule has 2 saturated heterocycles. The number of rotatable bonds is 10. The second kappa shape index (κ2) is 21.4. The minimum absolute atomic E-state index is 0.0754. The molecule has 0 aliphatic carbocycles. The van der Waals surface area contributed by atoms with E-state index in [1.807, 2.05) is 31.4 Å². The molecule has 0 radical (unpaired) electrons. The maximum absolute atomic E-state index is 13.4. The number of hydrogen-bond acceptors (Lipinski definition) is 8. The molecule has 0 atom stereocenters. The minimum atomic E-state index is -3.69. The van der Waals surface area contributed by atoms with Crippen molar-refractivity contribution in [3.8, 4) is 0 Å². The summed E-state index contributed by atoms with van der Waals surface area (Å²) in [5.41, 5.74) is 4.12. The van der Waals surface area contributed by atoms with Crippen molar-refractivity contribution in [2.75, 3.05) is 65.7 Å². The van der Waals surface area contributed by atoms with Crippen molar-refractivity contribution in [2.24, 2.45) is 0 Å². The number of fused-ring (bicyclic) bond motifs is 2. The number of ketones is 2. The van der Waals surface area contributed by atoms with Crippen LogP contribution in [-0.2, 0) is 22.6 Å². The number of ether oxygens (including phenoxy) is 2. The van der Waals surface area contributed by atoms with Crippen LogP contribution in [0.2, 0.25) is 24.4 Å². The van der Waals surface area contributed by atoms with Crippen molar-refractivity contribution in [1.29, 1.82) is 0 Å². The van der Waals surface area contributed by atoms with E-state index in [0.717, 1.165) is 116 Å². The first-order valence-electron chi connectivity index (χ1n) is 18.8. The van der Waals surface area contributed by atoms with Gasteiger partial charge in [-0.1, -0.05) is 70.1 Å². The number of nitrogens with zero attached hydrogens (tertiary/aromatic N) is 4. The number of carbonyl (C=O) groups excluding carboxylic acids is 2. The van der Waals surface area contributed by atoms with E-state index in [-0.39, 0.29) is 16.6 Å². The quantitative estimate of drug-likeness (QED) is 0.101. The molecule has 2 aromatic carbocycles. The van der Waals surface area contributed by atoms with Crippen LogP contribution in [0.25, 0.3) is 20.4 Å². The number of halogens is 10. The third kappa shape index (κ3) is 12.9. The van der Waals surface area contributed by atoms with Crippen LogP contribution >= 0.6 is 140 Å². The van der Waals surface area contributed by atoms with Crippen LogP contribution in [0.15, 0.2) is 53.9 Å². The topological polar surface area (TPSA) is 68.9 Å². The zero-order valence-corrected chi connectivity index (χ0v) is 42.7. The van der Waals surface area contributed by atoms with Crippen molar-refractivity contribution in [1.82, 2.24) is 18.9 Å². The second-order valence-corrected chi connectivity index (χ2v) is 34.8. The molecule has 0 unspecified atom stereocenters. The second-order valence-electron chi connectivity index (χ2n) is 14.0. The van der Waals surface area contributed by atoms with E-state index in [9.17, 15) is 9.59 Å². The van der Waals surface area contributed by atoms with E-state index in [2.05, 4.69) is 18.9 Å². The average Bonchev–Trinajstić information content (AvgIpc) is 3.95. The SMILES string of the molecule is Cc1c(C(=O)c2cccc(Cl)c2Cl)c2cc(Cl)sc2n1CCN1CCOCC1.Cc1c(C(=O)c2cccc(Cl)c2Cl)c2ccsc2n1CCN1CCOCC1.ClP(Cl)(Cl)(Cl)Cl. The van der Waals surface area contributed by atoms with Gasteiger partial charge in [-0.05, 0) is 55.6 Å². The first kappa shape index (κ1) is 49.9. The molecule has 4 aromatic heterocycles. The Hall–Kier alpha value is -0.570. The van der Waals surface area contributed by atoms with Crippen molar-refractivity contribution in [3.63, 3.8) is 0 Å². The predicted molar refractivity (Wildman–Crippen MR) is 265 cm³/mol. The molecule has 2 aliphatic heterocycles. The maximum atomic E-state index is 13.4. The van der Waals surface area contributed by atoms with Gasteiger partial charge in [-0.2, -0.15) is 0 Å². The molecule has 21 heteroatoms. The number of morpholine rings is 2. The number of carbonyl (C=O) groups is 2. The first-order chi connectivity index (χ1) is 28.8. The Morgan fingerprint density at radius 2 is 1.05 bits per heavy atom. The number of thiophene rings is 2. The molecule has 8 nitrogen and oxygen atoms in total. The van der Waals surface area contributed by atoms with Gasteiger partial charge in [0.2, 0.25) is 0 Å². The molecule has 61 heavy (non-hydrogen) atoms. The van der Waals surface area contributed by atoms with Gasteiger partial charge in [-0.3, -0.25) is 19.4 Å². The molecule has 0 amide bonds. The summed E-state index contributed by atoms with van der Waals surface area (Å²) in [5.74, 6) is -0.205. The summed E-state index contributed by atoms with van der Waals surface area (Å²) < 4.78 is 12.3. The van der Waals surface area contributed by atoms with Crippen molar-refractivity contribution < 1.29 is 19.1 Å². The Morgan fingerprint density at radius 1 is 0.623 bits per heavy atom. The van der Waals surface area contributed by atoms with Gasteiger partial charge in [0.15, 0.2) is 11.6 Å². The fourth-order valence-corrected chi connectivity index (χ4v) is 10.3. The van der Waals surface area contributed by atoms with Gasteiger partial charge < -0.3 is 18.6 Å². The molecular weight excluding hydrogens is 1050 g/mol. The van der Waals surface area contributed by atoms with Gasteiger partial charge in [-0.25, -0.2) is 0 Å². The van der Waals surface area contributed by atoms with E-state index < -0.39 is 3.37 Å². The van der Waals surface area contributed by atoms with Crippen molar-refractivity contribution in [3.05, 3.63) is 112 Å². The molecule has 0 N–H and O–H groups in total. The third-order valence-corrected chi connectivity index (χ3v) is 14.1. The van der Waals surface area contributed by atoms with Crippen LogP contribution in [0, 0.1) is 13.8 Å². The molecule has 6 aromatic rings. The zero-order valence-electron chi connectivity index (χ0n) is 32.6. The van der Waals surface area contributed by atoms with Crippen LogP contribution < -0.4 is 0 Å². The Kier molecular flexibility index (Phi) is 17.5. The monoisotopic (exact) mass is 1080 g/mol. The summed E-state index contributed by atoms with van der Waals surface area (Å²) in [7, 11) is 0. The van der Waals surface area contributed by atoms with E-state index >= 15 is 0 Å². The summed E-state index contributed by atoms with van der Waals surface area (Å²) in [6.45, 7) is 14.3. The van der Waals surface area contributed by atoms with Crippen LogP contribution in [0.3, 0.4) is 0 Å². The van der Waals surface area contributed by atoms with Crippen LogP contribution in [0.4, 0.5) is 0 Å². The van der Waals surface area contributed by atoms with E-state index in [1.165, 1.54) is 11.3 Å². The number of hydrogen-bond donors (Lipinski definition) is 0. The average molecular weight is 1090 g/mol. The fraction of sp³-hybridized carbons (Fsp3) is 0.350. The van der Waals surface area contributed by atoms with E-state index in [0.29, 0.717) is 36.1 Å². The summed E-state index contributed by atoms with van der Waals surface area (Å²) in [5, 5.41) is 5.25. The standard InChI is InChI=1S/C20H19Cl3N2O2S.C20H20Cl2N2O2S.Cl5P/c1-12-17(19(26)13-3-2-4-15(21)18(13)23)14-11-16(22)28-20(14)25(12)6-5-24-7-9-27-10-8-24;1-13-17(19(25)15-3-2-4-16(21)18(15)22)14-5-12-27-20(14)24(13)7-6-23-8-10-26-11-9-23;1-6(2,3,4)5/h2-4,11H,5-10H2,1H3;2-5,12H,6-11H2,1H3;. The van der Waals surface area contributed by atoms with Crippen LogP contribution in [0.1, 0.15) is 43.2 Å². The number of benzene rings is 2. The summed E-state index contributed by atoms with van der Waals surface area (Å²) in [4.78, 5) is 33.6. The normalized spacial score (nSPS) is 15.8. The summed E-state index contributed by atoms with van der Waals surface area (Å²) in [6.07, 6.45) is 0. The first-order valence-corrected chi connectivity index (χ1v) is 29.2.